The van der Waals surface area contributed by atoms with Gasteiger partial charge in [-0.05, 0) is 23.8 Å². The molecule has 3 aromatic rings. The van der Waals surface area contributed by atoms with Crippen molar-refractivity contribution < 1.29 is 9.13 Å². The quantitative estimate of drug-likeness (QED) is 0.665. The molecule has 0 bridgehead atoms. The molecule has 0 atom stereocenters. The summed E-state index contributed by atoms with van der Waals surface area (Å²) in [6.07, 6.45) is 2.56. The zero-order valence-corrected chi connectivity index (χ0v) is 12.5. The molecular weight excluding hydrogens is 291 g/mol. The Bertz CT molecular complexity index is 888. The van der Waals surface area contributed by atoms with Gasteiger partial charge in [0.1, 0.15) is 5.82 Å². The van der Waals surface area contributed by atoms with Crippen molar-refractivity contribution in [1.82, 2.24) is 4.98 Å². The van der Waals surface area contributed by atoms with E-state index in [2.05, 4.69) is 4.99 Å². The molecule has 0 radical (unpaired) electrons. The maximum atomic E-state index is 13.0. The number of hydrogen-bond donors (Lipinski definition) is 0. The highest BCUT2D eigenvalue weighted by atomic mass is 19.1. The fraction of sp³-hybridized carbons (Fsp3) is 0.158. The topological polar surface area (TPSA) is 34.5 Å². The van der Waals surface area contributed by atoms with Crippen molar-refractivity contribution in [3.63, 3.8) is 0 Å². The minimum absolute atomic E-state index is 0.248. The molecule has 0 N–H and O–H groups in total. The molecule has 23 heavy (non-hydrogen) atoms. The number of para-hydroxylation sites is 1. The predicted molar refractivity (Wildman–Crippen MR) is 88.8 cm³/mol. The van der Waals surface area contributed by atoms with Crippen LogP contribution in [-0.2, 0) is 17.8 Å². The second-order valence-corrected chi connectivity index (χ2v) is 5.52. The summed E-state index contributed by atoms with van der Waals surface area (Å²) in [5.41, 5.74) is 4.81. The molecule has 1 aliphatic heterocycles. The highest BCUT2D eigenvalue weighted by Gasteiger charge is 2.17. The lowest BCUT2D eigenvalue weighted by molar-refractivity contribution is 0.110. The van der Waals surface area contributed by atoms with Gasteiger partial charge in [0.15, 0.2) is 0 Å². The van der Waals surface area contributed by atoms with Gasteiger partial charge in [-0.3, -0.25) is 9.98 Å². The highest BCUT2D eigenvalue weighted by molar-refractivity contribution is 5.95. The van der Waals surface area contributed by atoms with Gasteiger partial charge in [0.25, 0.3) is 0 Å². The fourth-order valence-corrected chi connectivity index (χ4v) is 2.82. The SMILES string of the molecule is Fc1ccc(C=Nc2c3c(nc4ccccc24)CCOC3)cc1. The van der Waals surface area contributed by atoms with Crippen molar-refractivity contribution in [1.29, 1.82) is 0 Å². The van der Waals surface area contributed by atoms with E-state index >= 15 is 0 Å². The van der Waals surface area contributed by atoms with Gasteiger partial charge in [0.05, 0.1) is 30.1 Å². The number of hydrogen-bond acceptors (Lipinski definition) is 3. The van der Waals surface area contributed by atoms with Crippen LogP contribution in [0.25, 0.3) is 10.9 Å². The largest absolute Gasteiger partial charge is 0.376 e. The number of halogens is 1. The second kappa shape index (κ2) is 5.89. The zero-order chi connectivity index (χ0) is 15.6. The molecule has 4 rings (SSSR count). The molecule has 0 unspecified atom stereocenters. The summed E-state index contributed by atoms with van der Waals surface area (Å²) in [6, 6.07) is 14.3. The maximum absolute atomic E-state index is 13.0. The first-order valence-electron chi connectivity index (χ1n) is 7.59. The number of pyridine rings is 1. The number of ether oxygens (including phenoxy) is 1. The third-order valence-corrected chi connectivity index (χ3v) is 3.99. The molecule has 1 aliphatic rings. The monoisotopic (exact) mass is 306 g/mol. The van der Waals surface area contributed by atoms with Gasteiger partial charge in [-0.1, -0.05) is 30.3 Å². The molecule has 0 saturated carbocycles. The van der Waals surface area contributed by atoms with Crippen molar-refractivity contribution in [2.24, 2.45) is 4.99 Å². The van der Waals surface area contributed by atoms with Gasteiger partial charge in [-0.15, -0.1) is 0 Å². The molecule has 2 heterocycles. The Morgan fingerprint density at radius 2 is 1.91 bits per heavy atom. The minimum Gasteiger partial charge on any atom is -0.376 e. The van der Waals surface area contributed by atoms with Crippen LogP contribution in [-0.4, -0.2) is 17.8 Å². The Kier molecular flexibility index (Phi) is 3.60. The molecule has 0 aliphatic carbocycles. The van der Waals surface area contributed by atoms with Gasteiger partial charge in [0, 0.05) is 23.6 Å². The highest BCUT2D eigenvalue weighted by Crippen LogP contribution is 2.33. The second-order valence-electron chi connectivity index (χ2n) is 5.52. The van der Waals surface area contributed by atoms with E-state index in [4.69, 9.17) is 9.72 Å². The van der Waals surface area contributed by atoms with E-state index in [-0.39, 0.29) is 5.82 Å². The molecule has 1 aromatic heterocycles. The third-order valence-electron chi connectivity index (χ3n) is 3.99. The molecular formula is C19H15FN2O. The standard InChI is InChI=1S/C19H15FN2O/c20-14-7-5-13(6-8-14)11-21-19-15-3-1-2-4-17(15)22-18-9-10-23-12-16(18)19/h1-8,11H,9-10,12H2. The average molecular weight is 306 g/mol. The summed E-state index contributed by atoms with van der Waals surface area (Å²) in [4.78, 5) is 9.42. The lowest BCUT2D eigenvalue weighted by atomic mass is 10.0. The van der Waals surface area contributed by atoms with Crippen LogP contribution in [0.2, 0.25) is 0 Å². The van der Waals surface area contributed by atoms with Crippen LogP contribution < -0.4 is 0 Å². The van der Waals surface area contributed by atoms with E-state index in [1.807, 2.05) is 24.3 Å². The number of nitrogens with zero attached hydrogens (tertiary/aromatic N) is 2. The van der Waals surface area contributed by atoms with Crippen molar-refractivity contribution in [3.8, 4) is 0 Å². The maximum Gasteiger partial charge on any atom is 0.123 e. The van der Waals surface area contributed by atoms with E-state index in [0.29, 0.717) is 13.2 Å². The summed E-state index contributed by atoms with van der Waals surface area (Å²) < 4.78 is 18.6. The predicted octanol–water partition coefficient (Wildman–Crippen LogP) is 4.20. The Labute approximate surface area is 133 Å². The summed E-state index contributed by atoms with van der Waals surface area (Å²) >= 11 is 0. The molecule has 4 heteroatoms. The Balaban J connectivity index is 1.85. The van der Waals surface area contributed by atoms with Gasteiger partial charge in [-0.25, -0.2) is 4.39 Å². The lowest BCUT2D eigenvalue weighted by Gasteiger charge is -2.19. The molecule has 3 nitrogen and oxygen atoms in total. The molecule has 0 spiro atoms. The van der Waals surface area contributed by atoms with Crippen LogP contribution in [0.15, 0.2) is 53.5 Å². The summed E-state index contributed by atoms with van der Waals surface area (Å²) in [5, 5.41) is 1.01. The van der Waals surface area contributed by atoms with E-state index in [0.717, 1.165) is 39.8 Å². The lowest BCUT2D eigenvalue weighted by Crippen LogP contribution is -2.12. The first-order chi connectivity index (χ1) is 11.3. The Morgan fingerprint density at radius 1 is 1.09 bits per heavy atom. The van der Waals surface area contributed by atoms with Crippen LogP contribution in [0.1, 0.15) is 16.8 Å². The van der Waals surface area contributed by atoms with Crippen LogP contribution in [0.3, 0.4) is 0 Å². The Morgan fingerprint density at radius 3 is 2.78 bits per heavy atom. The van der Waals surface area contributed by atoms with Crippen LogP contribution in [0, 0.1) is 5.82 Å². The number of aliphatic imine (C=N–C) groups is 1. The number of rotatable bonds is 2. The Hall–Kier alpha value is -2.59. The van der Waals surface area contributed by atoms with E-state index in [1.54, 1.807) is 18.3 Å². The fourth-order valence-electron chi connectivity index (χ4n) is 2.82. The third kappa shape index (κ3) is 2.73. The zero-order valence-electron chi connectivity index (χ0n) is 12.5. The van der Waals surface area contributed by atoms with Gasteiger partial charge < -0.3 is 4.74 Å². The van der Waals surface area contributed by atoms with Crippen molar-refractivity contribution in [2.45, 2.75) is 13.0 Å². The molecule has 114 valence electrons. The number of benzene rings is 2. The van der Waals surface area contributed by atoms with E-state index in [1.165, 1.54) is 12.1 Å². The first kappa shape index (κ1) is 14.0. The normalized spacial score (nSPS) is 14.3. The van der Waals surface area contributed by atoms with Gasteiger partial charge >= 0.3 is 0 Å². The van der Waals surface area contributed by atoms with Crippen molar-refractivity contribution >= 4 is 22.8 Å². The number of aromatic nitrogens is 1. The summed E-state index contributed by atoms with van der Waals surface area (Å²) in [6.45, 7) is 1.22. The van der Waals surface area contributed by atoms with Crippen LogP contribution in [0.4, 0.5) is 10.1 Å². The van der Waals surface area contributed by atoms with Gasteiger partial charge in [-0.2, -0.15) is 0 Å². The molecule has 0 fully saturated rings. The van der Waals surface area contributed by atoms with Gasteiger partial charge in [0.2, 0.25) is 0 Å². The smallest absolute Gasteiger partial charge is 0.123 e. The van der Waals surface area contributed by atoms with Crippen LogP contribution >= 0.6 is 0 Å². The average Bonchev–Trinajstić information content (AvgIpc) is 2.60. The molecule has 0 saturated heterocycles. The van der Waals surface area contributed by atoms with Crippen molar-refractivity contribution in [3.05, 3.63) is 71.2 Å². The van der Waals surface area contributed by atoms with Crippen molar-refractivity contribution in [2.75, 3.05) is 6.61 Å². The van der Waals surface area contributed by atoms with Crippen LogP contribution in [0.5, 0.6) is 0 Å². The summed E-state index contributed by atoms with van der Waals surface area (Å²) in [5.74, 6) is -0.248. The summed E-state index contributed by atoms with van der Waals surface area (Å²) in [7, 11) is 0. The molecule has 0 amide bonds. The van der Waals surface area contributed by atoms with E-state index < -0.39 is 0 Å². The molecule has 2 aromatic carbocycles. The number of fused-ring (bicyclic) bond motifs is 2. The van der Waals surface area contributed by atoms with E-state index in [9.17, 15) is 4.39 Å². The first-order valence-corrected chi connectivity index (χ1v) is 7.59. The minimum atomic E-state index is -0.248.